The van der Waals surface area contributed by atoms with Crippen molar-refractivity contribution >= 4 is 21.6 Å². The Balaban J connectivity index is 2.12. The van der Waals surface area contributed by atoms with Crippen LogP contribution < -0.4 is 10.2 Å². The fourth-order valence-corrected chi connectivity index (χ4v) is 2.99. The second-order valence-electron chi connectivity index (χ2n) is 4.62. The van der Waals surface area contributed by atoms with E-state index in [0.29, 0.717) is 6.04 Å². The van der Waals surface area contributed by atoms with Crippen molar-refractivity contribution in [1.29, 1.82) is 0 Å². The summed E-state index contributed by atoms with van der Waals surface area (Å²) in [5.41, 5.74) is 2.85. The van der Waals surface area contributed by atoms with Gasteiger partial charge in [-0.25, -0.2) is 0 Å². The second-order valence-corrected chi connectivity index (χ2v) is 5.53. The highest BCUT2D eigenvalue weighted by Gasteiger charge is 2.22. The monoisotopic (exact) mass is 296 g/mol. The lowest BCUT2D eigenvalue weighted by Crippen LogP contribution is -2.32. The number of likely N-dealkylation sites (N-methyl/N-ethyl adjacent to an activating group) is 1. The summed E-state index contributed by atoms with van der Waals surface area (Å²) in [5, 5.41) is 3.54. The topological polar surface area (TPSA) is 15.3 Å². The molecule has 3 heteroatoms. The minimum atomic E-state index is 0.661. The van der Waals surface area contributed by atoms with Gasteiger partial charge in [0, 0.05) is 29.3 Å². The Morgan fingerprint density at radius 1 is 1.41 bits per heavy atom. The van der Waals surface area contributed by atoms with Crippen molar-refractivity contribution in [2.45, 2.75) is 32.7 Å². The molecular formula is C14H21BrN2. The quantitative estimate of drug-likeness (QED) is 0.918. The first-order chi connectivity index (χ1) is 8.24. The second kappa shape index (κ2) is 5.87. The zero-order valence-electron chi connectivity index (χ0n) is 10.7. The van der Waals surface area contributed by atoms with Gasteiger partial charge in [0.2, 0.25) is 0 Å². The van der Waals surface area contributed by atoms with E-state index in [1.807, 2.05) is 0 Å². The summed E-state index contributed by atoms with van der Waals surface area (Å²) in [6.07, 6.45) is 2.35. The smallest absolute Gasteiger partial charge is 0.0399 e. The van der Waals surface area contributed by atoms with Gasteiger partial charge in [-0.2, -0.15) is 0 Å². The number of rotatable bonds is 4. The lowest BCUT2D eigenvalue weighted by molar-refractivity contribution is 0.572. The molecule has 1 aromatic rings. The van der Waals surface area contributed by atoms with Gasteiger partial charge in [0.15, 0.2) is 0 Å². The molecule has 0 bridgehead atoms. The SMILES string of the molecule is CCNC1CCN(c2ccc(Br)cc2CC)C1. The van der Waals surface area contributed by atoms with Crippen molar-refractivity contribution in [2.24, 2.45) is 0 Å². The normalized spacial score (nSPS) is 19.9. The van der Waals surface area contributed by atoms with Crippen LogP contribution in [-0.2, 0) is 6.42 Å². The van der Waals surface area contributed by atoms with E-state index in [1.165, 1.54) is 28.7 Å². The Hall–Kier alpha value is -0.540. The minimum Gasteiger partial charge on any atom is -0.370 e. The number of hydrogen-bond acceptors (Lipinski definition) is 2. The van der Waals surface area contributed by atoms with Gasteiger partial charge in [0.05, 0.1) is 0 Å². The highest BCUT2D eigenvalue weighted by atomic mass is 79.9. The highest BCUT2D eigenvalue weighted by Crippen LogP contribution is 2.27. The molecule has 0 radical (unpaired) electrons. The van der Waals surface area contributed by atoms with Gasteiger partial charge in [0.1, 0.15) is 0 Å². The molecule has 0 aromatic heterocycles. The van der Waals surface area contributed by atoms with E-state index in [9.17, 15) is 0 Å². The van der Waals surface area contributed by atoms with Crippen LogP contribution in [0, 0.1) is 0 Å². The summed E-state index contributed by atoms with van der Waals surface area (Å²) >= 11 is 3.55. The molecule has 0 aliphatic carbocycles. The van der Waals surface area contributed by atoms with Crippen LogP contribution in [0.5, 0.6) is 0 Å². The van der Waals surface area contributed by atoms with Gasteiger partial charge < -0.3 is 10.2 Å². The van der Waals surface area contributed by atoms with Crippen LogP contribution in [0.2, 0.25) is 0 Å². The minimum absolute atomic E-state index is 0.661. The molecule has 1 heterocycles. The summed E-state index contributed by atoms with van der Waals surface area (Å²) in [4.78, 5) is 2.51. The van der Waals surface area contributed by atoms with E-state index >= 15 is 0 Å². The molecule has 1 aliphatic rings. The van der Waals surface area contributed by atoms with Gasteiger partial charge in [-0.15, -0.1) is 0 Å². The van der Waals surface area contributed by atoms with Crippen LogP contribution in [0.1, 0.15) is 25.8 Å². The lowest BCUT2D eigenvalue weighted by Gasteiger charge is -2.22. The molecule has 1 saturated heterocycles. The Bertz CT molecular complexity index is 378. The third kappa shape index (κ3) is 3.02. The van der Waals surface area contributed by atoms with Crippen molar-refractivity contribution in [2.75, 3.05) is 24.5 Å². The Morgan fingerprint density at radius 2 is 2.24 bits per heavy atom. The first-order valence-electron chi connectivity index (χ1n) is 6.51. The summed E-state index contributed by atoms with van der Waals surface area (Å²) in [6, 6.07) is 7.30. The molecule has 0 spiro atoms. The molecule has 17 heavy (non-hydrogen) atoms. The van der Waals surface area contributed by atoms with Crippen LogP contribution in [0.15, 0.2) is 22.7 Å². The molecule has 1 aliphatic heterocycles. The van der Waals surface area contributed by atoms with Crippen LogP contribution in [-0.4, -0.2) is 25.7 Å². The Labute approximate surface area is 113 Å². The van der Waals surface area contributed by atoms with Crippen molar-refractivity contribution in [1.82, 2.24) is 5.32 Å². The first kappa shape index (κ1) is 12.9. The van der Waals surface area contributed by atoms with Crippen molar-refractivity contribution < 1.29 is 0 Å². The first-order valence-corrected chi connectivity index (χ1v) is 7.30. The fraction of sp³-hybridized carbons (Fsp3) is 0.571. The molecule has 1 aromatic carbocycles. The van der Waals surface area contributed by atoms with Gasteiger partial charge in [-0.3, -0.25) is 0 Å². The average molecular weight is 297 g/mol. The van der Waals surface area contributed by atoms with Crippen LogP contribution in [0.3, 0.4) is 0 Å². The van der Waals surface area contributed by atoms with Crippen LogP contribution in [0.4, 0.5) is 5.69 Å². The third-order valence-corrected chi connectivity index (χ3v) is 3.94. The number of nitrogens with zero attached hydrogens (tertiary/aromatic N) is 1. The molecule has 2 nitrogen and oxygen atoms in total. The molecule has 1 N–H and O–H groups in total. The van der Waals surface area contributed by atoms with E-state index in [2.05, 4.69) is 58.2 Å². The predicted octanol–water partition coefficient (Wildman–Crippen LogP) is 3.20. The lowest BCUT2D eigenvalue weighted by atomic mass is 10.1. The molecule has 1 atom stereocenters. The van der Waals surface area contributed by atoms with Crippen molar-refractivity contribution in [3.63, 3.8) is 0 Å². The summed E-state index contributed by atoms with van der Waals surface area (Å²) < 4.78 is 1.18. The number of nitrogens with one attached hydrogen (secondary N) is 1. The number of benzene rings is 1. The summed E-state index contributed by atoms with van der Waals surface area (Å²) in [5.74, 6) is 0. The van der Waals surface area contributed by atoms with Crippen LogP contribution in [0.25, 0.3) is 0 Å². The molecular weight excluding hydrogens is 276 g/mol. The molecule has 1 fully saturated rings. The summed E-state index contributed by atoms with van der Waals surface area (Å²) in [6.45, 7) is 7.79. The highest BCUT2D eigenvalue weighted by molar-refractivity contribution is 9.10. The van der Waals surface area contributed by atoms with E-state index in [4.69, 9.17) is 0 Å². The van der Waals surface area contributed by atoms with Crippen molar-refractivity contribution in [3.05, 3.63) is 28.2 Å². The zero-order valence-corrected chi connectivity index (χ0v) is 12.3. The maximum atomic E-state index is 3.55. The number of anilines is 1. The molecule has 2 rings (SSSR count). The fourth-order valence-electron chi connectivity index (χ4n) is 2.58. The van der Waals surface area contributed by atoms with Gasteiger partial charge in [0.25, 0.3) is 0 Å². The molecule has 0 amide bonds. The number of hydrogen-bond donors (Lipinski definition) is 1. The Kier molecular flexibility index (Phi) is 4.46. The van der Waals surface area contributed by atoms with E-state index in [-0.39, 0.29) is 0 Å². The largest absolute Gasteiger partial charge is 0.370 e. The van der Waals surface area contributed by atoms with Crippen LogP contribution >= 0.6 is 15.9 Å². The number of aryl methyl sites for hydroxylation is 1. The van der Waals surface area contributed by atoms with E-state index in [1.54, 1.807) is 0 Å². The van der Waals surface area contributed by atoms with E-state index in [0.717, 1.165) is 19.5 Å². The molecule has 1 unspecified atom stereocenters. The Morgan fingerprint density at radius 3 is 2.94 bits per heavy atom. The zero-order chi connectivity index (χ0) is 12.3. The predicted molar refractivity (Wildman–Crippen MR) is 77.8 cm³/mol. The van der Waals surface area contributed by atoms with Gasteiger partial charge in [-0.05, 0) is 43.1 Å². The number of halogens is 1. The summed E-state index contributed by atoms with van der Waals surface area (Å²) in [7, 11) is 0. The third-order valence-electron chi connectivity index (χ3n) is 3.44. The molecule has 0 saturated carbocycles. The maximum absolute atomic E-state index is 3.55. The van der Waals surface area contributed by atoms with Crippen molar-refractivity contribution in [3.8, 4) is 0 Å². The average Bonchev–Trinajstić information content (AvgIpc) is 2.78. The maximum Gasteiger partial charge on any atom is 0.0399 e. The standard InChI is InChI=1S/C14H21BrN2/c1-3-11-9-12(15)5-6-14(11)17-8-7-13(10-17)16-4-2/h5-6,9,13,16H,3-4,7-8,10H2,1-2H3. The van der Waals surface area contributed by atoms with E-state index < -0.39 is 0 Å². The van der Waals surface area contributed by atoms with Gasteiger partial charge >= 0.3 is 0 Å². The molecule has 94 valence electrons. The van der Waals surface area contributed by atoms with Gasteiger partial charge in [-0.1, -0.05) is 29.8 Å².